The van der Waals surface area contributed by atoms with Crippen LogP contribution in [0.15, 0.2) is 24.3 Å². The first-order valence-corrected chi connectivity index (χ1v) is 6.37. The number of nitriles is 1. The summed E-state index contributed by atoms with van der Waals surface area (Å²) in [7, 11) is 0. The molecule has 2 nitrogen and oxygen atoms in total. The maximum atomic E-state index is 8.80. The van der Waals surface area contributed by atoms with Gasteiger partial charge in [-0.1, -0.05) is 32.0 Å². The molecule has 1 aromatic carbocycles. The van der Waals surface area contributed by atoms with E-state index >= 15 is 0 Å². The summed E-state index contributed by atoms with van der Waals surface area (Å²) in [6, 6.07) is 10.8. The van der Waals surface area contributed by atoms with Gasteiger partial charge in [0.1, 0.15) is 0 Å². The van der Waals surface area contributed by atoms with Crippen molar-refractivity contribution < 1.29 is 0 Å². The second-order valence-electron chi connectivity index (χ2n) is 5.43. The summed E-state index contributed by atoms with van der Waals surface area (Å²) in [4.78, 5) is 0. The van der Waals surface area contributed by atoms with Gasteiger partial charge in [0.05, 0.1) is 6.07 Å². The molecule has 0 bridgehead atoms. The average Bonchev–Trinajstić information content (AvgIpc) is 3.08. The van der Waals surface area contributed by atoms with E-state index in [2.05, 4.69) is 49.5 Å². The van der Waals surface area contributed by atoms with E-state index in [0.717, 1.165) is 6.54 Å². The molecule has 0 spiro atoms. The van der Waals surface area contributed by atoms with Crippen molar-refractivity contribution in [2.45, 2.75) is 39.0 Å². The maximum absolute atomic E-state index is 8.80. The Hall–Kier alpha value is -1.49. The standard InChI is InChI=1S/C15H20N2/c1-12(2)13-5-3-4-6-14(13)17-11-15(7-8-15)9-10-16/h3-6,12,17H,7-9,11H2,1-2H3. The summed E-state index contributed by atoms with van der Waals surface area (Å²) in [5, 5.41) is 12.3. The smallest absolute Gasteiger partial charge is 0.0628 e. The van der Waals surface area contributed by atoms with Crippen LogP contribution in [0.4, 0.5) is 5.69 Å². The molecule has 90 valence electrons. The van der Waals surface area contributed by atoms with Crippen LogP contribution >= 0.6 is 0 Å². The molecule has 0 unspecified atom stereocenters. The van der Waals surface area contributed by atoms with Crippen molar-refractivity contribution in [1.29, 1.82) is 5.26 Å². The third kappa shape index (κ3) is 2.79. The number of benzene rings is 1. The van der Waals surface area contributed by atoms with E-state index in [-0.39, 0.29) is 5.41 Å². The zero-order valence-corrected chi connectivity index (χ0v) is 10.7. The Bertz CT molecular complexity index is 425. The predicted octanol–water partition coefficient (Wildman–Crippen LogP) is 3.92. The van der Waals surface area contributed by atoms with Crippen LogP contribution < -0.4 is 5.32 Å². The average molecular weight is 228 g/mol. The van der Waals surface area contributed by atoms with E-state index in [1.54, 1.807) is 0 Å². The Morgan fingerprint density at radius 3 is 2.65 bits per heavy atom. The maximum Gasteiger partial charge on any atom is 0.0628 e. The lowest BCUT2D eigenvalue weighted by Gasteiger charge is -2.18. The second kappa shape index (κ2) is 4.79. The van der Waals surface area contributed by atoms with Crippen molar-refractivity contribution >= 4 is 5.69 Å². The number of nitrogens with zero attached hydrogens (tertiary/aromatic N) is 1. The van der Waals surface area contributed by atoms with Crippen LogP contribution in [0.1, 0.15) is 44.6 Å². The summed E-state index contributed by atoms with van der Waals surface area (Å²) < 4.78 is 0. The molecule has 1 saturated carbocycles. The summed E-state index contributed by atoms with van der Waals surface area (Å²) in [6.07, 6.45) is 3.07. The van der Waals surface area contributed by atoms with Gasteiger partial charge < -0.3 is 5.32 Å². The van der Waals surface area contributed by atoms with E-state index in [1.807, 2.05) is 0 Å². The number of anilines is 1. The van der Waals surface area contributed by atoms with Crippen LogP contribution in [0.3, 0.4) is 0 Å². The number of para-hydroxylation sites is 1. The minimum atomic E-state index is 0.263. The molecule has 2 rings (SSSR count). The van der Waals surface area contributed by atoms with E-state index in [4.69, 9.17) is 5.26 Å². The van der Waals surface area contributed by atoms with Crippen molar-refractivity contribution in [3.05, 3.63) is 29.8 Å². The minimum absolute atomic E-state index is 0.263. The highest BCUT2D eigenvalue weighted by molar-refractivity contribution is 5.52. The Morgan fingerprint density at radius 1 is 1.35 bits per heavy atom. The van der Waals surface area contributed by atoms with Gasteiger partial charge in [0.2, 0.25) is 0 Å². The van der Waals surface area contributed by atoms with Gasteiger partial charge in [0.15, 0.2) is 0 Å². The van der Waals surface area contributed by atoms with Gasteiger partial charge in [-0.3, -0.25) is 0 Å². The molecule has 17 heavy (non-hydrogen) atoms. The van der Waals surface area contributed by atoms with Crippen molar-refractivity contribution in [1.82, 2.24) is 0 Å². The SMILES string of the molecule is CC(C)c1ccccc1NCC1(CC#N)CC1. The van der Waals surface area contributed by atoms with Gasteiger partial charge >= 0.3 is 0 Å². The van der Waals surface area contributed by atoms with E-state index in [0.29, 0.717) is 12.3 Å². The number of rotatable bonds is 5. The lowest BCUT2D eigenvalue weighted by molar-refractivity contribution is 0.557. The summed E-state index contributed by atoms with van der Waals surface area (Å²) in [6.45, 7) is 5.36. The van der Waals surface area contributed by atoms with Crippen LogP contribution in [0.25, 0.3) is 0 Å². The van der Waals surface area contributed by atoms with Gasteiger partial charge in [0.25, 0.3) is 0 Å². The largest absolute Gasteiger partial charge is 0.384 e. The Balaban J connectivity index is 2.02. The molecular weight excluding hydrogens is 208 g/mol. The summed E-state index contributed by atoms with van der Waals surface area (Å²) in [5.74, 6) is 0.532. The Kier molecular flexibility index (Phi) is 3.38. The molecule has 0 atom stereocenters. The monoisotopic (exact) mass is 228 g/mol. The molecule has 1 aliphatic rings. The van der Waals surface area contributed by atoms with Crippen molar-refractivity contribution in [3.63, 3.8) is 0 Å². The summed E-state index contributed by atoms with van der Waals surface area (Å²) >= 11 is 0. The van der Waals surface area contributed by atoms with Crippen LogP contribution in [-0.2, 0) is 0 Å². The van der Waals surface area contributed by atoms with Gasteiger partial charge in [-0.05, 0) is 30.4 Å². The first kappa shape index (κ1) is 12.0. The molecule has 0 aliphatic heterocycles. The lowest BCUT2D eigenvalue weighted by atomic mass is 9.99. The molecule has 1 aliphatic carbocycles. The van der Waals surface area contributed by atoms with E-state index < -0.39 is 0 Å². The summed E-state index contributed by atoms with van der Waals surface area (Å²) in [5.41, 5.74) is 2.85. The van der Waals surface area contributed by atoms with Crippen molar-refractivity contribution in [3.8, 4) is 6.07 Å². The molecule has 1 aromatic rings. The highest BCUT2D eigenvalue weighted by atomic mass is 14.9. The molecule has 0 amide bonds. The fourth-order valence-electron chi connectivity index (χ4n) is 2.20. The molecule has 2 heteroatoms. The molecule has 0 radical (unpaired) electrons. The highest BCUT2D eigenvalue weighted by Gasteiger charge is 2.42. The Morgan fingerprint density at radius 2 is 2.06 bits per heavy atom. The van der Waals surface area contributed by atoms with Gasteiger partial charge in [0, 0.05) is 24.1 Å². The highest BCUT2D eigenvalue weighted by Crippen LogP contribution is 2.48. The van der Waals surface area contributed by atoms with E-state index in [1.165, 1.54) is 24.1 Å². The van der Waals surface area contributed by atoms with Crippen LogP contribution in [-0.4, -0.2) is 6.54 Å². The number of nitrogens with one attached hydrogen (secondary N) is 1. The lowest BCUT2D eigenvalue weighted by Crippen LogP contribution is -2.15. The van der Waals surface area contributed by atoms with Crippen LogP contribution in [0.2, 0.25) is 0 Å². The van der Waals surface area contributed by atoms with E-state index in [9.17, 15) is 0 Å². The molecule has 1 N–H and O–H groups in total. The van der Waals surface area contributed by atoms with Gasteiger partial charge in [-0.2, -0.15) is 5.26 Å². The molecular formula is C15H20N2. The number of hydrogen-bond acceptors (Lipinski definition) is 2. The fraction of sp³-hybridized carbons (Fsp3) is 0.533. The predicted molar refractivity (Wildman–Crippen MR) is 70.9 cm³/mol. The first-order valence-electron chi connectivity index (χ1n) is 6.37. The van der Waals surface area contributed by atoms with Gasteiger partial charge in [-0.15, -0.1) is 0 Å². The third-order valence-corrected chi connectivity index (χ3v) is 3.65. The third-order valence-electron chi connectivity index (χ3n) is 3.65. The second-order valence-corrected chi connectivity index (χ2v) is 5.43. The topological polar surface area (TPSA) is 35.8 Å². The fourth-order valence-corrected chi connectivity index (χ4v) is 2.20. The zero-order chi connectivity index (χ0) is 12.3. The number of hydrogen-bond donors (Lipinski definition) is 1. The Labute approximate surface area is 104 Å². The minimum Gasteiger partial charge on any atom is -0.384 e. The molecule has 0 saturated heterocycles. The normalized spacial score (nSPS) is 16.6. The van der Waals surface area contributed by atoms with Gasteiger partial charge in [-0.25, -0.2) is 0 Å². The van der Waals surface area contributed by atoms with Crippen molar-refractivity contribution in [2.75, 3.05) is 11.9 Å². The quantitative estimate of drug-likeness (QED) is 0.829. The van der Waals surface area contributed by atoms with Crippen LogP contribution in [0.5, 0.6) is 0 Å². The molecule has 0 heterocycles. The molecule has 0 aromatic heterocycles. The van der Waals surface area contributed by atoms with Crippen molar-refractivity contribution in [2.24, 2.45) is 5.41 Å². The van der Waals surface area contributed by atoms with Crippen LogP contribution in [0, 0.1) is 16.7 Å². The first-order chi connectivity index (χ1) is 8.17. The zero-order valence-electron chi connectivity index (χ0n) is 10.7. The molecule has 1 fully saturated rings.